The standard InChI is InChI=1S/C13H26BrN/c1-2-3-4-5-6-10-15-11-8-13(12-15)7-9-14/h13H,2-12H2,1H3. The van der Waals surface area contributed by atoms with Crippen LogP contribution in [0.1, 0.15) is 51.9 Å². The summed E-state index contributed by atoms with van der Waals surface area (Å²) >= 11 is 3.54. The second kappa shape index (κ2) is 8.58. The predicted octanol–water partition coefficient (Wildman–Crippen LogP) is 4.06. The van der Waals surface area contributed by atoms with Crippen LogP contribution in [0.5, 0.6) is 0 Å². The fourth-order valence-corrected chi connectivity index (χ4v) is 3.09. The maximum Gasteiger partial charge on any atom is 0.00344 e. The average Bonchev–Trinajstić information content (AvgIpc) is 2.66. The zero-order chi connectivity index (χ0) is 10.9. The van der Waals surface area contributed by atoms with E-state index in [1.165, 1.54) is 69.9 Å². The summed E-state index contributed by atoms with van der Waals surface area (Å²) in [5.74, 6) is 0.972. The van der Waals surface area contributed by atoms with Crippen molar-refractivity contribution in [3.05, 3.63) is 0 Å². The third-order valence-corrected chi connectivity index (χ3v) is 3.92. The van der Waals surface area contributed by atoms with Gasteiger partial charge in [0.1, 0.15) is 0 Å². The molecular formula is C13H26BrN. The fourth-order valence-electron chi connectivity index (χ4n) is 2.44. The lowest BCUT2D eigenvalue weighted by Crippen LogP contribution is -2.22. The summed E-state index contributed by atoms with van der Waals surface area (Å²) in [6, 6.07) is 0. The van der Waals surface area contributed by atoms with E-state index in [2.05, 4.69) is 27.8 Å². The summed E-state index contributed by atoms with van der Waals surface area (Å²) in [6.45, 7) is 6.35. The van der Waals surface area contributed by atoms with Crippen molar-refractivity contribution in [1.29, 1.82) is 0 Å². The zero-order valence-corrected chi connectivity index (χ0v) is 11.8. The van der Waals surface area contributed by atoms with E-state index >= 15 is 0 Å². The highest BCUT2D eigenvalue weighted by molar-refractivity contribution is 9.09. The van der Waals surface area contributed by atoms with Gasteiger partial charge in [-0.3, -0.25) is 0 Å². The largest absolute Gasteiger partial charge is 0.303 e. The summed E-state index contributed by atoms with van der Waals surface area (Å²) in [4.78, 5) is 2.67. The molecule has 0 amide bonds. The van der Waals surface area contributed by atoms with Gasteiger partial charge in [0.25, 0.3) is 0 Å². The maximum atomic E-state index is 3.54. The smallest absolute Gasteiger partial charge is 0.00344 e. The molecule has 1 nitrogen and oxygen atoms in total. The number of rotatable bonds is 8. The molecule has 1 aliphatic heterocycles. The second-order valence-corrected chi connectivity index (χ2v) is 5.64. The number of unbranched alkanes of at least 4 members (excludes halogenated alkanes) is 4. The van der Waals surface area contributed by atoms with Crippen molar-refractivity contribution >= 4 is 15.9 Å². The molecule has 0 aromatic rings. The van der Waals surface area contributed by atoms with Crippen LogP contribution in [-0.4, -0.2) is 29.9 Å². The first-order valence-electron chi connectivity index (χ1n) is 6.65. The van der Waals surface area contributed by atoms with E-state index in [1.807, 2.05) is 0 Å². The molecule has 0 bridgehead atoms. The minimum absolute atomic E-state index is 0.972. The van der Waals surface area contributed by atoms with Crippen molar-refractivity contribution < 1.29 is 0 Å². The topological polar surface area (TPSA) is 3.24 Å². The number of hydrogen-bond acceptors (Lipinski definition) is 1. The number of nitrogens with zero attached hydrogens (tertiary/aromatic N) is 1. The van der Waals surface area contributed by atoms with Crippen LogP contribution in [0.3, 0.4) is 0 Å². The van der Waals surface area contributed by atoms with Crippen LogP contribution in [0.25, 0.3) is 0 Å². The van der Waals surface area contributed by atoms with E-state index in [-0.39, 0.29) is 0 Å². The van der Waals surface area contributed by atoms with Crippen LogP contribution in [0.15, 0.2) is 0 Å². The molecule has 15 heavy (non-hydrogen) atoms. The minimum Gasteiger partial charge on any atom is -0.303 e. The van der Waals surface area contributed by atoms with Crippen LogP contribution in [-0.2, 0) is 0 Å². The Morgan fingerprint density at radius 2 is 2.00 bits per heavy atom. The Hall–Kier alpha value is 0.440. The Morgan fingerprint density at radius 3 is 2.73 bits per heavy atom. The van der Waals surface area contributed by atoms with Crippen LogP contribution >= 0.6 is 15.9 Å². The molecule has 1 unspecified atom stereocenters. The normalized spacial score (nSPS) is 22.4. The van der Waals surface area contributed by atoms with Crippen molar-refractivity contribution in [2.24, 2.45) is 5.92 Å². The number of likely N-dealkylation sites (tertiary alicyclic amines) is 1. The van der Waals surface area contributed by atoms with Gasteiger partial charge in [0, 0.05) is 11.9 Å². The Morgan fingerprint density at radius 1 is 1.20 bits per heavy atom. The number of halogens is 1. The van der Waals surface area contributed by atoms with Gasteiger partial charge in [0.15, 0.2) is 0 Å². The predicted molar refractivity (Wildman–Crippen MR) is 71.7 cm³/mol. The van der Waals surface area contributed by atoms with Crippen molar-refractivity contribution in [3.63, 3.8) is 0 Å². The van der Waals surface area contributed by atoms with Gasteiger partial charge < -0.3 is 4.90 Å². The van der Waals surface area contributed by atoms with Crippen LogP contribution < -0.4 is 0 Å². The summed E-state index contributed by atoms with van der Waals surface area (Å²) in [5.41, 5.74) is 0. The lowest BCUT2D eigenvalue weighted by molar-refractivity contribution is 0.313. The highest BCUT2D eigenvalue weighted by Gasteiger charge is 2.20. The fraction of sp³-hybridized carbons (Fsp3) is 1.00. The molecule has 1 atom stereocenters. The highest BCUT2D eigenvalue weighted by atomic mass is 79.9. The van der Waals surface area contributed by atoms with Gasteiger partial charge in [0.05, 0.1) is 0 Å². The quantitative estimate of drug-likeness (QED) is 0.477. The molecule has 0 aromatic carbocycles. The molecule has 1 heterocycles. The summed E-state index contributed by atoms with van der Waals surface area (Å²) < 4.78 is 0. The van der Waals surface area contributed by atoms with Crippen LogP contribution in [0, 0.1) is 5.92 Å². The maximum absolute atomic E-state index is 3.54. The van der Waals surface area contributed by atoms with Gasteiger partial charge in [-0.25, -0.2) is 0 Å². The van der Waals surface area contributed by atoms with Crippen molar-refractivity contribution in [2.45, 2.75) is 51.9 Å². The van der Waals surface area contributed by atoms with Gasteiger partial charge in [-0.15, -0.1) is 0 Å². The molecule has 0 saturated carbocycles. The average molecular weight is 276 g/mol. The van der Waals surface area contributed by atoms with E-state index in [9.17, 15) is 0 Å². The van der Waals surface area contributed by atoms with E-state index in [4.69, 9.17) is 0 Å². The zero-order valence-electron chi connectivity index (χ0n) is 10.2. The molecule has 90 valence electrons. The first-order valence-corrected chi connectivity index (χ1v) is 7.77. The molecule has 1 rings (SSSR count). The Bertz CT molecular complexity index is 149. The second-order valence-electron chi connectivity index (χ2n) is 4.85. The van der Waals surface area contributed by atoms with E-state index < -0.39 is 0 Å². The van der Waals surface area contributed by atoms with Crippen molar-refractivity contribution in [3.8, 4) is 0 Å². The summed E-state index contributed by atoms with van der Waals surface area (Å²) in [6.07, 6.45) is 9.87. The van der Waals surface area contributed by atoms with Gasteiger partial charge in [0.2, 0.25) is 0 Å². The molecule has 1 saturated heterocycles. The van der Waals surface area contributed by atoms with E-state index in [0.717, 1.165) is 5.92 Å². The lowest BCUT2D eigenvalue weighted by atomic mass is 10.1. The number of alkyl halides is 1. The minimum atomic E-state index is 0.972. The molecule has 2 heteroatoms. The first-order chi connectivity index (χ1) is 7.36. The summed E-state index contributed by atoms with van der Waals surface area (Å²) in [5, 5.41) is 1.18. The molecule has 1 fully saturated rings. The molecule has 0 N–H and O–H groups in total. The van der Waals surface area contributed by atoms with Crippen molar-refractivity contribution in [2.75, 3.05) is 25.0 Å². The molecule has 0 spiro atoms. The molecular weight excluding hydrogens is 250 g/mol. The highest BCUT2D eigenvalue weighted by Crippen LogP contribution is 2.20. The van der Waals surface area contributed by atoms with Gasteiger partial charge >= 0.3 is 0 Å². The Balaban J connectivity index is 1.94. The SMILES string of the molecule is CCCCCCCN1CCC(CCBr)C1. The Labute approximate surface area is 104 Å². The molecule has 0 aromatic heterocycles. The molecule has 0 aliphatic carbocycles. The van der Waals surface area contributed by atoms with Crippen LogP contribution in [0.4, 0.5) is 0 Å². The van der Waals surface area contributed by atoms with E-state index in [0.29, 0.717) is 0 Å². The molecule has 1 aliphatic rings. The van der Waals surface area contributed by atoms with Gasteiger partial charge in [-0.05, 0) is 38.3 Å². The van der Waals surface area contributed by atoms with Crippen LogP contribution in [0.2, 0.25) is 0 Å². The van der Waals surface area contributed by atoms with E-state index in [1.54, 1.807) is 0 Å². The monoisotopic (exact) mass is 275 g/mol. The Kier molecular flexibility index (Phi) is 7.72. The van der Waals surface area contributed by atoms with Gasteiger partial charge in [-0.2, -0.15) is 0 Å². The first kappa shape index (κ1) is 13.5. The summed E-state index contributed by atoms with van der Waals surface area (Å²) in [7, 11) is 0. The third-order valence-electron chi connectivity index (χ3n) is 3.47. The molecule has 0 radical (unpaired) electrons. The number of hydrogen-bond donors (Lipinski definition) is 0. The van der Waals surface area contributed by atoms with Crippen molar-refractivity contribution in [1.82, 2.24) is 4.90 Å². The third kappa shape index (κ3) is 5.91. The van der Waals surface area contributed by atoms with Gasteiger partial charge in [-0.1, -0.05) is 48.5 Å². The lowest BCUT2D eigenvalue weighted by Gasteiger charge is -2.15.